The highest BCUT2D eigenvalue weighted by Gasteiger charge is 2.22. The Labute approximate surface area is 167 Å². The molecule has 3 rings (SSSR count). The number of amides is 1. The lowest BCUT2D eigenvalue weighted by Gasteiger charge is -2.19. The van der Waals surface area contributed by atoms with E-state index in [1.54, 1.807) is 24.3 Å². The van der Waals surface area contributed by atoms with Crippen LogP contribution in [0.4, 0.5) is 0 Å². The SMILES string of the molecule is COC(=O)CC(NC(=O)Cc1noc2ccccc12)c1ccc(OC)c(OC)c1. The van der Waals surface area contributed by atoms with E-state index in [2.05, 4.69) is 10.5 Å². The average Bonchev–Trinajstić information content (AvgIpc) is 3.15. The van der Waals surface area contributed by atoms with Gasteiger partial charge < -0.3 is 24.1 Å². The number of carbonyl (C=O) groups is 2. The van der Waals surface area contributed by atoms with Crippen LogP contribution in [0, 0.1) is 0 Å². The summed E-state index contributed by atoms with van der Waals surface area (Å²) in [4.78, 5) is 24.6. The largest absolute Gasteiger partial charge is 0.493 e. The van der Waals surface area contributed by atoms with Crippen molar-refractivity contribution in [3.05, 3.63) is 53.7 Å². The monoisotopic (exact) mass is 398 g/mol. The molecule has 1 aromatic heterocycles. The Balaban J connectivity index is 1.81. The molecule has 1 atom stereocenters. The number of hydrogen-bond donors (Lipinski definition) is 1. The third kappa shape index (κ3) is 4.66. The minimum atomic E-state index is -0.604. The number of rotatable bonds is 8. The van der Waals surface area contributed by atoms with Crippen molar-refractivity contribution in [1.29, 1.82) is 0 Å². The summed E-state index contributed by atoms with van der Waals surface area (Å²) in [7, 11) is 4.36. The van der Waals surface area contributed by atoms with Gasteiger partial charge in [0.15, 0.2) is 17.1 Å². The number of nitrogens with one attached hydrogen (secondary N) is 1. The Kier molecular flexibility index (Phi) is 6.33. The highest BCUT2D eigenvalue weighted by Crippen LogP contribution is 2.31. The van der Waals surface area contributed by atoms with Gasteiger partial charge in [0.2, 0.25) is 5.91 Å². The van der Waals surface area contributed by atoms with E-state index in [-0.39, 0.29) is 18.7 Å². The first-order valence-corrected chi connectivity index (χ1v) is 8.97. The number of fused-ring (bicyclic) bond motifs is 1. The van der Waals surface area contributed by atoms with Crippen molar-refractivity contribution in [3.8, 4) is 11.5 Å². The van der Waals surface area contributed by atoms with Gasteiger partial charge in [0, 0.05) is 5.39 Å². The average molecular weight is 398 g/mol. The molecule has 3 aromatic rings. The van der Waals surface area contributed by atoms with Crippen LogP contribution in [0.1, 0.15) is 23.7 Å². The zero-order valence-electron chi connectivity index (χ0n) is 16.4. The van der Waals surface area contributed by atoms with Crippen molar-refractivity contribution >= 4 is 22.8 Å². The molecule has 0 aliphatic rings. The van der Waals surface area contributed by atoms with Gasteiger partial charge in [-0.1, -0.05) is 23.4 Å². The minimum absolute atomic E-state index is 0.0158. The molecule has 0 saturated carbocycles. The Morgan fingerprint density at radius 1 is 1.07 bits per heavy atom. The highest BCUT2D eigenvalue weighted by molar-refractivity contribution is 5.86. The molecule has 0 aliphatic heterocycles. The van der Waals surface area contributed by atoms with Crippen LogP contribution in [-0.2, 0) is 20.7 Å². The van der Waals surface area contributed by atoms with Crippen LogP contribution < -0.4 is 14.8 Å². The van der Waals surface area contributed by atoms with Crippen LogP contribution in [0.15, 0.2) is 47.0 Å². The van der Waals surface area contributed by atoms with E-state index in [1.165, 1.54) is 21.3 Å². The molecule has 0 saturated heterocycles. The number of aromatic nitrogens is 1. The molecule has 152 valence electrons. The normalized spacial score (nSPS) is 11.7. The minimum Gasteiger partial charge on any atom is -0.493 e. The summed E-state index contributed by atoms with van der Waals surface area (Å²) in [6.07, 6.45) is -0.0146. The molecule has 8 nitrogen and oxygen atoms in total. The predicted molar refractivity (Wildman–Crippen MR) is 105 cm³/mol. The first-order chi connectivity index (χ1) is 14.0. The fraction of sp³-hybridized carbons (Fsp3) is 0.286. The zero-order chi connectivity index (χ0) is 20.8. The lowest BCUT2D eigenvalue weighted by atomic mass is 10.0. The number of esters is 1. The lowest BCUT2D eigenvalue weighted by molar-refractivity contribution is -0.141. The van der Waals surface area contributed by atoms with Crippen LogP contribution in [0.2, 0.25) is 0 Å². The molecule has 0 radical (unpaired) electrons. The quantitative estimate of drug-likeness (QED) is 0.582. The van der Waals surface area contributed by atoms with Gasteiger partial charge in [-0.2, -0.15) is 0 Å². The van der Waals surface area contributed by atoms with Crippen LogP contribution in [0.25, 0.3) is 11.0 Å². The van der Waals surface area contributed by atoms with Crippen molar-refractivity contribution in [2.75, 3.05) is 21.3 Å². The van der Waals surface area contributed by atoms with E-state index in [4.69, 9.17) is 18.7 Å². The van der Waals surface area contributed by atoms with E-state index >= 15 is 0 Å². The summed E-state index contributed by atoms with van der Waals surface area (Å²) in [6, 6.07) is 11.9. The molecule has 0 bridgehead atoms. The molecule has 0 spiro atoms. The summed E-state index contributed by atoms with van der Waals surface area (Å²) >= 11 is 0. The second-order valence-electron chi connectivity index (χ2n) is 6.32. The number of benzene rings is 2. The van der Waals surface area contributed by atoms with Gasteiger partial charge >= 0.3 is 5.97 Å². The van der Waals surface area contributed by atoms with Crippen molar-refractivity contribution in [3.63, 3.8) is 0 Å². The number of carbonyl (C=O) groups excluding carboxylic acids is 2. The molecular formula is C21H22N2O6. The zero-order valence-corrected chi connectivity index (χ0v) is 16.4. The van der Waals surface area contributed by atoms with Crippen molar-refractivity contribution in [2.24, 2.45) is 0 Å². The predicted octanol–water partition coefficient (Wildman–Crippen LogP) is 2.81. The first-order valence-electron chi connectivity index (χ1n) is 8.97. The number of methoxy groups -OCH3 is 3. The highest BCUT2D eigenvalue weighted by atomic mass is 16.5. The van der Waals surface area contributed by atoms with Crippen LogP contribution in [0.5, 0.6) is 11.5 Å². The summed E-state index contributed by atoms with van der Waals surface area (Å²) < 4.78 is 20.6. The first kappa shape index (κ1) is 20.2. The maximum absolute atomic E-state index is 12.7. The van der Waals surface area contributed by atoms with E-state index in [9.17, 15) is 9.59 Å². The van der Waals surface area contributed by atoms with E-state index in [0.29, 0.717) is 28.3 Å². The molecule has 0 fully saturated rings. The molecule has 1 amide bonds. The lowest BCUT2D eigenvalue weighted by Crippen LogP contribution is -2.31. The smallest absolute Gasteiger partial charge is 0.307 e. The Bertz CT molecular complexity index is 1010. The number of hydrogen-bond acceptors (Lipinski definition) is 7. The molecule has 8 heteroatoms. The van der Waals surface area contributed by atoms with Crippen molar-refractivity contribution in [2.45, 2.75) is 18.9 Å². The molecule has 1 N–H and O–H groups in total. The van der Waals surface area contributed by atoms with Gasteiger partial charge in [0.25, 0.3) is 0 Å². The standard InChI is InChI=1S/C21H22N2O6/c1-26-18-9-8-13(10-19(18)27-2)15(12-21(25)28-3)22-20(24)11-16-14-6-4-5-7-17(14)29-23-16/h4-10,15H,11-12H2,1-3H3,(H,22,24). The van der Waals surface area contributed by atoms with Crippen molar-refractivity contribution < 1.29 is 28.3 Å². The second-order valence-corrected chi connectivity index (χ2v) is 6.32. The second kappa shape index (κ2) is 9.09. The summed E-state index contributed by atoms with van der Waals surface area (Å²) in [5, 5.41) is 7.63. The van der Waals surface area contributed by atoms with Gasteiger partial charge in [0.05, 0.1) is 40.2 Å². The molecule has 1 unspecified atom stereocenters. The fourth-order valence-electron chi connectivity index (χ4n) is 3.03. The summed E-state index contributed by atoms with van der Waals surface area (Å²) in [6.45, 7) is 0. The van der Waals surface area contributed by atoms with Crippen LogP contribution in [0.3, 0.4) is 0 Å². The molecule has 0 aliphatic carbocycles. The number of ether oxygens (including phenoxy) is 3. The summed E-state index contributed by atoms with van der Waals surface area (Å²) in [5.41, 5.74) is 1.83. The van der Waals surface area contributed by atoms with Gasteiger partial charge in [0.1, 0.15) is 5.69 Å². The van der Waals surface area contributed by atoms with Crippen LogP contribution in [-0.4, -0.2) is 38.4 Å². The third-order valence-electron chi connectivity index (χ3n) is 4.52. The fourth-order valence-corrected chi connectivity index (χ4v) is 3.03. The molecular weight excluding hydrogens is 376 g/mol. The number of nitrogens with zero attached hydrogens (tertiary/aromatic N) is 1. The molecule has 29 heavy (non-hydrogen) atoms. The van der Waals surface area contributed by atoms with E-state index in [1.807, 2.05) is 18.2 Å². The van der Waals surface area contributed by atoms with Crippen LogP contribution >= 0.6 is 0 Å². The Morgan fingerprint density at radius 3 is 2.55 bits per heavy atom. The Hall–Kier alpha value is -3.55. The molecule has 2 aromatic carbocycles. The third-order valence-corrected chi connectivity index (χ3v) is 4.52. The van der Waals surface area contributed by atoms with Gasteiger partial charge in [-0.3, -0.25) is 9.59 Å². The van der Waals surface area contributed by atoms with Gasteiger partial charge in [-0.05, 0) is 29.8 Å². The maximum Gasteiger partial charge on any atom is 0.307 e. The van der Waals surface area contributed by atoms with Crippen molar-refractivity contribution in [1.82, 2.24) is 10.5 Å². The Morgan fingerprint density at radius 2 is 1.83 bits per heavy atom. The number of para-hydroxylation sites is 1. The summed E-state index contributed by atoms with van der Waals surface area (Å²) in [5.74, 6) is 0.301. The van der Waals surface area contributed by atoms with E-state index in [0.717, 1.165) is 5.39 Å². The van der Waals surface area contributed by atoms with E-state index < -0.39 is 12.0 Å². The molecule has 1 heterocycles. The topological polar surface area (TPSA) is 99.9 Å². The maximum atomic E-state index is 12.7. The van der Waals surface area contributed by atoms with Gasteiger partial charge in [-0.15, -0.1) is 0 Å². The van der Waals surface area contributed by atoms with Gasteiger partial charge in [-0.25, -0.2) is 0 Å².